The average Bonchev–Trinajstić information content (AvgIpc) is 3.10. The maximum absolute atomic E-state index is 11.8. The van der Waals surface area contributed by atoms with E-state index in [-0.39, 0.29) is 5.97 Å². The number of hydrogen-bond acceptors (Lipinski definition) is 5. The summed E-state index contributed by atoms with van der Waals surface area (Å²) in [4.78, 5) is 23.5. The van der Waals surface area contributed by atoms with Crippen molar-refractivity contribution in [1.29, 1.82) is 0 Å². The number of carbonyl (C=O) groups excluding carboxylic acids is 1. The van der Waals surface area contributed by atoms with Crippen LogP contribution in [0.4, 0.5) is 0 Å². The maximum Gasteiger partial charge on any atom is 0.305 e. The van der Waals surface area contributed by atoms with E-state index in [1.807, 2.05) is 13.8 Å². The van der Waals surface area contributed by atoms with Crippen LogP contribution in [0.1, 0.15) is 240 Å². The van der Waals surface area contributed by atoms with Crippen molar-refractivity contribution < 1.29 is 19.3 Å². The molecule has 0 unspecified atom stereocenters. The molecule has 0 aliphatic carbocycles. The van der Waals surface area contributed by atoms with Crippen molar-refractivity contribution in [2.24, 2.45) is 0 Å². The van der Waals surface area contributed by atoms with Crippen LogP contribution >= 0.6 is 0 Å². The number of hydrogen-bond donors (Lipinski definition) is 1. The van der Waals surface area contributed by atoms with Crippen LogP contribution in [0.2, 0.25) is 0 Å². The Bertz CT molecular complexity index is 557. The van der Waals surface area contributed by atoms with Gasteiger partial charge in [-0.15, -0.1) is 0 Å². The Hall–Kier alpha value is -0.650. The Labute approximate surface area is 302 Å². The van der Waals surface area contributed by atoms with Gasteiger partial charge in [0.25, 0.3) is 0 Å². The molecule has 0 bridgehead atoms. The van der Waals surface area contributed by atoms with Gasteiger partial charge in [0.05, 0.1) is 19.3 Å². The summed E-state index contributed by atoms with van der Waals surface area (Å²) < 4.78 is 5.37. The summed E-state index contributed by atoms with van der Waals surface area (Å²) in [6.07, 6.45) is 40.1. The molecule has 0 aromatic heterocycles. The van der Waals surface area contributed by atoms with Crippen LogP contribution in [0.15, 0.2) is 0 Å². The van der Waals surface area contributed by atoms with Gasteiger partial charge in [-0.3, -0.25) is 4.79 Å². The first-order valence-electron chi connectivity index (χ1n) is 21.9. The van der Waals surface area contributed by atoms with E-state index in [2.05, 4.69) is 26.1 Å². The lowest BCUT2D eigenvalue weighted by atomic mass is 10.0. The van der Waals surface area contributed by atoms with Crippen molar-refractivity contribution in [3.63, 3.8) is 0 Å². The molecule has 0 aliphatic heterocycles. The molecule has 0 aromatic carbocycles. The molecule has 0 aromatic rings. The Balaban J connectivity index is 0. The molecule has 0 saturated heterocycles. The molecule has 0 heterocycles. The van der Waals surface area contributed by atoms with Gasteiger partial charge in [-0.1, -0.05) is 189 Å². The SMILES string of the molecule is CC.CCCCCCCCOC(=O)CCCCCCCNCCCCCCCCOOC(CCCCCCCC)CCCCCCCC. The lowest BCUT2D eigenvalue weighted by Gasteiger charge is -2.17. The fraction of sp³-hybridized carbons (Fsp3) is 0.977. The number of nitrogens with one attached hydrogen (secondary N) is 1. The zero-order valence-electron chi connectivity index (χ0n) is 33.7. The van der Waals surface area contributed by atoms with Crippen molar-refractivity contribution in [3.8, 4) is 0 Å². The Morgan fingerprint density at radius 3 is 1.31 bits per heavy atom. The predicted octanol–water partition coefficient (Wildman–Crippen LogP) is 14.0. The summed E-state index contributed by atoms with van der Waals surface area (Å²) in [6.45, 7) is 14.4. The summed E-state index contributed by atoms with van der Waals surface area (Å²) in [5, 5.41) is 3.61. The summed E-state index contributed by atoms with van der Waals surface area (Å²) in [6, 6.07) is 0. The largest absolute Gasteiger partial charge is 0.466 e. The van der Waals surface area contributed by atoms with Gasteiger partial charge in [-0.05, 0) is 58.0 Å². The molecular weight excluding hydrogens is 594 g/mol. The quantitative estimate of drug-likeness (QED) is 0.0301. The fourth-order valence-electron chi connectivity index (χ4n) is 6.12. The third kappa shape index (κ3) is 43.4. The molecule has 0 aliphatic rings. The van der Waals surface area contributed by atoms with E-state index < -0.39 is 0 Å². The molecule has 5 nitrogen and oxygen atoms in total. The van der Waals surface area contributed by atoms with E-state index in [1.54, 1.807) is 0 Å². The lowest BCUT2D eigenvalue weighted by Crippen LogP contribution is -2.16. The third-order valence-electron chi connectivity index (χ3n) is 9.29. The van der Waals surface area contributed by atoms with E-state index in [0.717, 1.165) is 58.2 Å². The highest BCUT2D eigenvalue weighted by atomic mass is 17.2. The van der Waals surface area contributed by atoms with Gasteiger partial charge in [-0.2, -0.15) is 0 Å². The number of unbranched alkanes of at least 4 members (excludes halogenated alkanes) is 24. The first kappa shape index (κ1) is 49.5. The minimum absolute atomic E-state index is 0.00103. The van der Waals surface area contributed by atoms with Crippen LogP contribution in [0.5, 0.6) is 0 Å². The molecule has 0 atom stereocenters. The lowest BCUT2D eigenvalue weighted by molar-refractivity contribution is -0.327. The standard InChI is InChI=1S/C41H83NO4.C2H6/c1-4-7-10-13-19-26-33-40(34-27-20-14-11-8-5-2)46-45-39-32-25-17-16-22-29-36-42-37-30-23-18-21-28-35-41(43)44-38-31-24-15-12-9-6-3;1-2/h40,42H,4-39H2,1-3H3;1-2H3. The highest BCUT2D eigenvalue weighted by molar-refractivity contribution is 5.69. The Morgan fingerprint density at radius 2 is 0.833 bits per heavy atom. The second-order valence-corrected chi connectivity index (χ2v) is 14.0. The minimum Gasteiger partial charge on any atom is -0.466 e. The smallest absolute Gasteiger partial charge is 0.305 e. The fourth-order valence-corrected chi connectivity index (χ4v) is 6.12. The second-order valence-electron chi connectivity index (χ2n) is 14.0. The number of rotatable bonds is 40. The molecular formula is C43H89NO4. The summed E-state index contributed by atoms with van der Waals surface area (Å²) in [5.74, 6) is -0.00103. The molecule has 0 amide bonds. The van der Waals surface area contributed by atoms with Crippen LogP contribution in [-0.4, -0.2) is 38.4 Å². The topological polar surface area (TPSA) is 56.8 Å². The van der Waals surface area contributed by atoms with E-state index in [4.69, 9.17) is 14.5 Å². The second kappa shape index (κ2) is 46.4. The van der Waals surface area contributed by atoms with Crippen LogP contribution in [-0.2, 0) is 19.3 Å². The molecule has 0 rings (SSSR count). The summed E-state index contributed by atoms with van der Waals surface area (Å²) in [5.41, 5.74) is 0. The van der Waals surface area contributed by atoms with Gasteiger partial charge in [0.1, 0.15) is 0 Å². The number of ether oxygens (including phenoxy) is 1. The van der Waals surface area contributed by atoms with Crippen molar-refractivity contribution in [3.05, 3.63) is 0 Å². The van der Waals surface area contributed by atoms with Gasteiger partial charge in [-0.25, -0.2) is 9.78 Å². The molecule has 0 radical (unpaired) electrons. The van der Waals surface area contributed by atoms with Crippen molar-refractivity contribution in [2.45, 2.75) is 246 Å². The van der Waals surface area contributed by atoms with E-state index in [9.17, 15) is 4.79 Å². The zero-order valence-corrected chi connectivity index (χ0v) is 33.7. The zero-order chi connectivity index (χ0) is 35.4. The normalized spacial score (nSPS) is 11.2. The van der Waals surface area contributed by atoms with Gasteiger partial charge >= 0.3 is 5.97 Å². The van der Waals surface area contributed by atoms with Gasteiger partial charge in [0, 0.05) is 6.42 Å². The van der Waals surface area contributed by atoms with Crippen LogP contribution < -0.4 is 5.32 Å². The molecule has 290 valence electrons. The highest BCUT2D eigenvalue weighted by Crippen LogP contribution is 2.17. The third-order valence-corrected chi connectivity index (χ3v) is 9.29. The molecule has 5 heteroatoms. The van der Waals surface area contributed by atoms with Crippen molar-refractivity contribution in [1.82, 2.24) is 5.32 Å². The van der Waals surface area contributed by atoms with Crippen molar-refractivity contribution >= 4 is 5.97 Å². The average molecular weight is 684 g/mol. The first-order valence-corrected chi connectivity index (χ1v) is 21.9. The molecule has 1 N–H and O–H groups in total. The molecule has 0 spiro atoms. The summed E-state index contributed by atoms with van der Waals surface area (Å²) in [7, 11) is 0. The van der Waals surface area contributed by atoms with E-state index in [1.165, 1.54) is 161 Å². The Kier molecular flexibility index (Phi) is 47.8. The maximum atomic E-state index is 11.8. The van der Waals surface area contributed by atoms with Crippen LogP contribution in [0.3, 0.4) is 0 Å². The molecule has 0 saturated carbocycles. The summed E-state index contributed by atoms with van der Waals surface area (Å²) >= 11 is 0. The monoisotopic (exact) mass is 684 g/mol. The van der Waals surface area contributed by atoms with Gasteiger partial charge in [0.15, 0.2) is 0 Å². The number of esters is 1. The van der Waals surface area contributed by atoms with E-state index >= 15 is 0 Å². The molecule has 0 fully saturated rings. The van der Waals surface area contributed by atoms with Crippen LogP contribution in [0.25, 0.3) is 0 Å². The van der Waals surface area contributed by atoms with Crippen molar-refractivity contribution in [2.75, 3.05) is 26.3 Å². The highest BCUT2D eigenvalue weighted by Gasteiger charge is 2.10. The first-order chi connectivity index (χ1) is 23.7. The predicted molar refractivity (Wildman–Crippen MR) is 211 cm³/mol. The van der Waals surface area contributed by atoms with Gasteiger partial charge in [0.2, 0.25) is 0 Å². The number of carbonyl (C=O) groups is 1. The van der Waals surface area contributed by atoms with Crippen LogP contribution in [0, 0.1) is 0 Å². The minimum atomic E-state index is -0.00103. The van der Waals surface area contributed by atoms with Gasteiger partial charge < -0.3 is 10.1 Å². The Morgan fingerprint density at radius 1 is 0.458 bits per heavy atom. The molecule has 48 heavy (non-hydrogen) atoms. The van der Waals surface area contributed by atoms with E-state index in [0.29, 0.717) is 19.1 Å².